The molecule has 1 heterocycles. The van der Waals surface area contributed by atoms with Crippen molar-refractivity contribution in [2.75, 3.05) is 0 Å². The van der Waals surface area contributed by atoms with Crippen LogP contribution in [-0.4, -0.2) is 12.1 Å². The minimum atomic E-state index is -0.451. The fourth-order valence-corrected chi connectivity index (χ4v) is 2.04. The standard InChI is InChI=1S/C17H20N2O2.Y/c1-14-7-6-10-19(12-14)13-21-17(20)18-15(2)11-16-8-4-3-5-9-16;/h3-10,12-13,15H,11H2,1-2H3,(H,18,20);/t15-;/m0./s1. The number of hydrogen-bond donors (Lipinski definition) is 1. The SMILES string of the molecule is Cc1ccc[n+]([CH-]OC(=O)N[C@@H](C)Cc2ccccc2)c1.[Y]. The number of aromatic nitrogens is 1. The number of rotatable bonds is 5. The zero-order valence-electron chi connectivity index (χ0n) is 12.9. The molecule has 1 aromatic carbocycles. The second-order valence-electron chi connectivity index (χ2n) is 5.07. The molecule has 0 unspecified atom stereocenters. The summed E-state index contributed by atoms with van der Waals surface area (Å²) in [7, 11) is 0. The van der Waals surface area contributed by atoms with Gasteiger partial charge in [-0.1, -0.05) is 42.5 Å². The van der Waals surface area contributed by atoms with Crippen molar-refractivity contribution in [3.05, 3.63) is 72.7 Å². The molecule has 4 nitrogen and oxygen atoms in total. The number of carbonyl (C=O) groups excluding carboxylic acids is 1. The number of hydrogen-bond acceptors (Lipinski definition) is 2. The van der Waals surface area contributed by atoms with E-state index in [0.29, 0.717) is 0 Å². The molecular weight excluding hydrogens is 353 g/mol. The van der Waals surface area contributed by atoms with Crippen LogP contribution in [0.2, 0.25) is 0 Å². The molecule has 0 aliphatic carbocycles. The van der Waals surface area contributed by atoms with E-state index in [1.165, 1.54) is 12.3 Å². The second-order valence-corrected chi connectivity index (χ2v) is 5.07. The largest absolute Gasteiger partial charge is 0.423 e. The van der Waals surface area contributed by atoms with Crippen molar-refractivity contribution in [1.29, 1.82) is 0 Å². The molecule has 1 atom stereocenters. The molecule has 1 radical (unpaired) electrons. The smallest absolute Gasteiger partial charge is 0.404 e. The summed E-state index contributed by atoms with van der Waals surface area (Å²) in [6.45, 7) is 5.32. The molecule has 0 aliphatic rings. The summed E-state index contributed by atoms with van der Waals surface area (Å²) < 4.78 is 6.78. The van der Waals surface area contributed by atoms with Crippen LogP contribution in [0.4, 0.5) is 4.79 Å². The van der Waals surface area contributed by atoms with Crippen LogP contribution in [0.3, 0.4) is 0 Å². The Labute approximate surface area is 156 Å². The molecule has 5 heteroatoms. The van der Waals surface area contributed by atoms with Crippen LogP contribution < -0.4 is 9.88 Å². The minimum absolute atomic E-state index is 0. The van der Waals surface area contributed by atoms with Gasteiger partial charge in [-0.05, 0) is 31.4 Å². The Morgan fingerprint density at radius 1 is 1.27 bits per heavy atom. The first kappa shape index (κ1) is 18.7. The van der Waals surface area contributed by atoms with Crippen molar-refractivity contribution in [3.8, 4) is 0 Å². The van der Waals surface area contributed by atoms with Gasteiger partial charge in [-0.3, -0.25) is 0 Å². The van der Waals surface area contributed by atoms with E-state index in [-0.39, 0.29) is 38.8 Å². The Hall–Kier alpha value is -1.39. The van der Waals surface area contributed by atoms with E-state index in [1.807, 2.05) is 68.7 Å². The predicted octanol–water partition coefficient (Wildman–Crippen LogP) is 2.60. The van der Waals surface area contributed by atoms with E-state index in [4.69, 9.17) is 4.74 Å². The molecule has 0 saturated carbocycles. The van der Waals surface area contributed by atoms with Crippen LogP contribution in [0, 0.1) is 13.7 Å². The third-order valence-corrected chi connectivity index (χ3v) is 3.00. The predicted molar refractivity (Wildman–Crippen MR) is 80.3 cm³/mol. The Balaban J connectivity index is 0.00000242. The summed E-state index contributed by atoms with van der Waals surface area (Å²) in [4.78, 5) is 11.7. The topological polar surface area (TPSA) is 42.2 Å². The van der Waals surface area contributed by atoms with E-state index in [0.717, 1.165) is 12.0 Å². The van der Waals surface area contributed by atoms with Gasteiger partial charge in [0.15, 0.2) is 0 Å². The molecule has 2 aromatic rings. The first-order chi connectivity index (χ1) is 10.1. The Bertz CT molecular complexity index is 590. The minimum Gasteiger partial charge on any atom is -0.423 e. The number of nitrogens with one attached hydrogen (secondary N) is 1. The molecule has 2 rings (SSSR count). The zero-order valence-corrected chi connectivity index (χ0v) is 15.7. The number of aryl methyl sites for hydroxylation is 1. The van der Waals surface area contributed by atoms with Crippen molar-refractivity contribution in [3.63, 3.8) is 0 Å². The molecule has 0 spiro atoms. The van der Waals surface area contributed by atoms with Gasteiger partial charge >= 0.3 is 6.09 Å². The van der Waals surface area contributed by atoms with Gasteiger partial charge in [0.05, 0.1) is 12.4 Å². The number of nitrogens with zero attached hydrogens (tertiary/aromatic N) is 1. The molecule has 0 bridgehead atoms. The van der Waals surface area contributed by atoms with Gasteiger partial charge in [-0.15, -0.1) is 0 Å². The maximum Gasteiger partial charge on any atom is 0.404 e. The summed E-state index contributed by atoms with van der Waals surface area (Å²) in [5.74, 6) is 0. The fourth-order valence-electron chi connectivity index (χ4n) is 2.04. The van der Waals surface area contributed by atoms with Crippen LogP contribution in [0.1, 0.15) is 18.1 Å². The molecule has 22 heavy (non-hydrogen) atoms. The van der Waals surface area contributed by atoms with Crippen LogP contribution >= 0.6 is 0 Å². The quantitative estimate of drug-likeness (QED) is 0.647. The van der Waals surface area contributed by atoms with Gasteiger partial charge in [0.2, 0.25) is 6.73 Å². The van der Waals surface area contributed by atoms with E-state index in [2.05, 4.69) is 5.32 Å². The molecule has 0 aliphatic heterocycles. The summed E-state index contributed by atoms with van der Waals surface area (Å²) in [6.07, 6.45) is 4.01. The summed E-state index contributed by atoms with van der Waals surface area (Å²) in [5.41, 5.74) is 2.28. The van der Waals surface area contributed by atoms with Crippen LogP contribution in [0.25, 0.3) is 0 Å². The van der Waals surface area contributed by atoms with E-state index in [1.54, 1.807) is 4.57 Å². The Morgan fingerprint density at radius 3 is 2.68 bits per heavy atom. The maximum atomic E-state index is 11.7. The molecule has 113 valence electrons. The van der Waals surface area contributed by atoms with Crippen molar-refractivity contribution in [2.45, 2.75) is 26.3 Å². The van der Waals surface area contributed by atoms with Crippen molar-refractivity contribution in [1.82, 2.24) is 5.32 Å². The molecular formula is C17H20N2O2Y. The number of carbonyl (C=O) groups is 1. The van der Waals surface area contributed by atoms with Gasteiger partial charge in [0, 0.05) is 38.8 Å². The summed E-state index contributed by atoms with van der Waals surface area (Å²) in [5, 5.41) is 2.81. The second kappa shape index (κ2) is 9.59. The average Bonchev–Trinajstić information content (AvgIpc) is 2.46. The van der Waals surface area contributed by atoms with Gasteiger partial charge in [0.1, 0.15) is 0 Å². The van der Waals surface area contributed by atoms with E-state index in [9.17, 15) is 4.79 Å². The van der Waals surface area contributed by atoms with Crippen LogP contribution in [0.5, 0.6) is 0 Å². The van der Waals surface area contributed by atoms with Crippen molar-refractivity contribution in [2.24, 2.45) is 0 Å². The molecule has 1 aromatic heterocycles. The first-order valence-corrected chi connectivity index (χ1v) is 6.95. The van der Waals surface area contributed by atoms with Gasteiger partial charge in [-0.2, -0.15) is 0 Å². The first-order valence-electron chi connectivity index (χ1n) is 6.95. The monoisotopic (exact) mass is 373 g/mol. The number of amides is 1. The number of alkyl carbamates (subject to hydrolysis) is 1. The third kappa shape index (κ3) is 6.59. The van der Waals surface area contributed by atoms with Gasteiger partial charge in [0.25, 0.3) is 0 Å². The summed E-state index contributed by atoms with van der Waals surface area (Å²) in [6, 6.07) is 13.9. The normalized spacial score (nSPS) is 11.0. The molecule has 0 saturated heterocycles. The zero-order chi connectivity index (χ0) is 15.1. The maximum absolute atomic E-state index is 11.7. The van der Waals surface area contributed by atoms with Gasteiger partial charge < -0.3 is 14.6 Å². The van der Waals surface area contributed by atoms with Gasteiger partial charge in [-0.25, -0.2) is 4.79 Å². The Kier molecular flexibility index (Phi) is 8.14. The van der Waals surface area contributed by atoms with E-state index >= 15 is 0 Å². The molecule has 1 N–H and O–H groups in total. The molecule has 0 fully saturated rings. The fraction of sp³-hybridized carbons (Fsp3) is 0.235. The number of benzene rings is 1. The third-order valence-electron chi connectivity index (χ3n) is 3.00. The Morgan fingerprint density at radius 2 is 2.00 bits per heavy atom. The van der Waals surface area contributed by atoms with Crippen LogP contribution in [-0.2, 0) is 43.9 Å². The number of ether oxygens (including phenoxy) is 1. The number of pyridine rings is 1. The molecule has 1 amide bonds. The van der Waals surface area contributed by atoms with Crippen molar-refractivity contribution >= 4 is 6.09 Å². The van der Waals surface area contributed by atoms with Crippen LogP contribution in [0.15, 0.2) is 54.9 Å². The van der Waals surface area contributed by atoms with Crippen molar-refractivity contribution < 1.29 is 46.8 Å². The van der Waals surface area contributed by atoms with E-state index < -0.39 is 6.09 Å². The summed E-state index contributed by atoms with van der Waals surface area (Å²) >= 11 is 0. The average molecular weight is 373 g/mol.